The third kappa shape index (κ3) is 3.29. The van der Waals surface area contributed by atoms with Gasteiger partial charge in [-0.05, 0) is 43.9 Å². The Labute approximate surface area is 128 Å². The molecule has 1 heterocycles. The number of aryl methyl sites for hydroxylation is 1. The van der Waals surface area contributed by atoms with Gasteiger partial charge in [0.15, 0.2) is 0 Å². The topological polar surface area (TPSA) is 40.5 Å². The first-order chi connectivity index (χ1) is 10.0. The molecule has 1 aromatic rings. The Bertz CT molecular complexity index is 482. The SMILES string of the molecule is CCCc1ccc(C(C)N2CCC(CC)(C(=O)O)C2)cc1. The van der Waals surface area contributed by atoms with Crippen LogP contribution < -0.4 is 0 Å². The average Bonchev–Trinajstić information content (AvgIpc) is 2.93. The molecular formula is C18H27NO2. The molecule has 1 aliphatic heterocycles. The van der Waals surface area contributed by atoms with Crippen LogP contribution in [0.3, 0.4) is 0 Å². The smallest absolute Gasteiger partial charge is 0.310 e. The van der Waals surface area contributed by atoms with Gasteiger partial charge in [-0.15, -0.1) is 0 Å². The molecule has 1 aliphatic rings. The summed E-state index contributed by atoms with van der Waals surface area (Å²) in [5, 5.41) is 9.50. The Morgan fingerprint density at radius 3 is 2.48 bits per heavy atom. The van der Waals surface area contributed by atoms with Crippen LogP contribution in [0.25, 0.3) is 0 Å². The minimum absolute atomic E-state index is 0.286. The zero-order valence-corrected chi connectivity index (χ0v) is 13.4. The van der Waals surface area contributed by atoms with Gasteiger partial charge in [-0.1, -0.05) is 44.5 Å². The van der Waals surface area contributed by atoms with Crippen LogP contribution in [0.4, 0.5) is 0 Å². The molecular weight excluding hydrogens is 262 g/mol. The van der Waals surface area contributed by atoms with Crippen molar-refractivity contribution in [2.24, 2.45) is 5.41 Å². The third-order valence-corrected chi connectivity index (χ3v) is 5.06. The summed E-state index contributed by atoms with van der Waals surface area (Å²) >= 11 is 0. The normalized spacial score (nSPS) is 24.1. The Balaban J connectivity index is 2.07. The second-order valence-corrected chi connectivity index (χ2v) is 6.33. The van der Waals surface area contributed by atoms with E-state index in [4.69, 9.17) is 0 Å². The molecule has 1 N–H and O–H groups in total. The predicted octanol–water partition coefficient (Wildman–Crippen LogP) is 3.89. The number of hydrogen-bond acceptors (Lipinski definition) is 2. The van der Waals surface area contributed by atoms with Crippen molar-refractivity contribution in [1.82, 2.24) is 4.90 Å². The van der Waals surface area contributed by atoms with Crippen molar-refractivity contribution < 1.29 is 9.90 Å². The molecule has 116 valence electrons. The number of rotatable bonds is 6. The second-order valence-electron chi connectivity index (χ2n) is 6.33. The first-order valence-electron chi connectivity index (χ1n) is 8.08. The number of carboxylic acid groups (broad SMARTS) is 1. The van der Waals surface area contributed by atoms with Crippen LogP contribution in [0.2, 0.25) is 0 Å². The van der Waals surface area contributed by atoms with E-state index in [1.807, 2.05) is 6.92 Å². The molecule has 3 heteroatoms. The van der Waals surface area contributed by atoms with E-state index in [1.165, 1.54) is 17.5 Å². The fourth-order valence-electron chi connectivity index (χ4n) is 3.31. The Kier molecular flexibility index (Phi) is 5.04. The summed E-state index contributed by atoms with van der Waals surface area (Å²) in [5.41, 5.74) is 2.12. The number of nitrogens with zero attached hydrogens (tertiary/aromatic N) is 1. The van der Waals surface area contributed by atoms with Crippen LogP contribution in [0.5, 0.6) is 0 Å². The van der Waals surface area contributed by atoms with Crippen LogP contribution >= 0.6 is 0 Å². The first kappa shape index (κ1) is 16.0. The van der Waals surface area contributed by atoms with Crippen LogP contribution in [0.1, 0.15) is 57.2 Å². The standard InChI is InChI=1S/C18H27NO2/c1-4-6-15-7-9-16(10-8-15)14(3)19-12-11-18(5-2,13-19)17(20)21/h7-10,14H,4-6,11-13H2,1-3H3,(H,20,21). The molecule has 2 rings (SSSR count). The van der Waals surface area contributed by atoms with Gasteiger partial charge >= 0.3 is 5.97 Å². The summed E-state index contributed by atoms with van der Waals surface area (Å²) in [6.07, 6.45) is 3.76. The second kappa shape index (κ2) is 6.61. The molecule has 0 spiro atoms. The van der Waals surface area contributed by atoms with E-state index in [-0.39, 0.29) is 6.04 Å². The van der Waals surface area contributed by atoms with Crippen LogP contribution in [0, 0.1) is 5.41 Å². The monoisotopic (exact) mass is 289 g/mol. The van der Waals surface area contributed by atoms with Gasteiger partial charge in [-0.2, -0.15) is 0 Å². The maximum atomic E-state index is 11.5. The quantitative estimate of drug-likeness (QED) is 0.863. The highest BCUT2D eigenvalue weighted by Gasteiger charge is 2.44. The van der Waals surface area contributed by atoms with Gasteiger partial charge in [0.1, 0.15) is 0 Å². The lowest BCUT2D eigenvalue weighted by molar-refractivity contribution is -0.148. The number of benzene rings is 1. The van der Waals surface area contributed by atoms with E-state index in [0.29, 0.717) is 13.0 Å². The van der Waals surface area contributed by atoms with Gasteiger partial charge in [-0.3, -0.25) is 9.69 Å². The summed E-state index contributed by atoms with van der Waals surface area (Å²) in [7, 11) is 0. The van der Waals surface area contributed by atoms with Crippen molar-refractivity contribution in [2.75, 3.05) is 13.1 Å². The zero-order chi connectivity index (χ0) is 15.5. The minimum atomic E-state index is -0.641. The van der Waals surface area contributed by atoms with Crippen molar-refractivity contribution >= 4 is 5.97 Å². The van der Waals surface area contributed by atoms with Crippen molar-refractivity contribution in [3.8, 4) is 0 Å². The number of carbonyl (C=O) groups is 1. The van der Waals surface area contributed by atoms with Gasteiger partial charge in [-0.25, -0.2) is 0 Å². The van der Waals surface area contributed by atoms with Gasteiger partial charge in [0.05, 0.1) is 5.41 Å². The van der Waals surface area contributed by atoms with Crippen LogP contribution in [-0.4, -0.2) is 29.1 Å². The minimum Gasteiger partial charge on any atom is -0.481 e. The highest BCUT2D eigenvalue weighted by Crippen LogP contribution is 2.38. The molecule has 0 radical (unpaired) electrons. The Morgan fingerprint density at radius 2 is 2.00 bits per heavy atom. The van der Waals surface area contributed by atoms with Gasteiger partial charge in [0.2, 0.25) is 0 Å². The molecule has 3 nitrogen and oxygen atoms in total. The third-order valence-electron chi connectivity index (χ3n) is 5.06. The molecule has 0 aromatic heterocycles. The van der Waals surface area contributed by atoms with E-state index in [0.717, 1.165) is 19.4 Å². The fraction of sp³-hybridized carbons (Fsp3) is 0.611. The van der Waals surface area contributed by atoms with Gasteiger partial charge in [0, 0.05) is 12.6 Å². The van der Waals surface area contributed by atoms with Crippen molar-refractivity contribution in [3.63, 3.8) is 0 Å². The maximum absolute atomic E-state index is 11.5. The lowest BCUT2D eigenvalue weighted by Crippen LogP contribution is -2.35. The Morgan fingerprint density at radius 1 is 1.33 bits per heavy atom. The molecule has 2 atom stereocenters. The first-order valence-corrected chi connectivity index (χ1v) is 8.08. The van der Waals surface area contributed by atoms with Crippen LogP contribution in [0.15, 0.2) is 24.3 Å². The van der Waals surface area contributed by atoms with Crippen molar-refractivity contribution in [2.45, 2.75) is 52.5 Å². The number of likely N-dealkylation sites (tertiary alicyclic amines) is 1. The molecule has 2 unspecified atom stereocenters. The summed E-state index contributed by atoms with van der Waals surface area (Å²) in [6, 6.07) is 9.09. The number of carboxylic acids is 1. The summed E-state index contributed by atoms with van der Waals surface area (Å²) in [6.45, 7) is 7.90. The Hall–Kier alpha value is -1.35. The summed E-state index contributed by atoms with van der Waals surface area (Å²) < 4.78 is 0. The summed E-state index contributed by atoms with van der Waals surface area (Å²) in [4.78, 5) is 13.9. The van der Waals surface area contributed by atoms with E-state index >= 15 is 0 Å². The molecule has 0 bridgehead atoms. The average molecular weight is 289 g/mol. The van der Waals surface area contributed by atoms with E-state index in [1.54, 1.807) is 0 Å². The van der Waals surface area contributed by atoms with Crippen LogP contribution in [-0.2, 0) is 11.2 Å². The molecule has 1 fully saturated rings. The molecule has 0 amide bonds. The molecule has 1 aromatic carbocycles. The highest BCUT2D eigenvalue weighted by molar-refractivity contribution is 5.75. The van der Waals surface area contributed by atoms with E-state index < -0.39 is 11.4 Å². The number of hydrogen-bond donors (Lipinski definition) is 1. The van der Waals surface area contributed by atoms with Gasteiger partial charge < -0.3 is 5.11 Å². The van der Waals surface area contributed by atoms with Crippen molar-refractivity contribution in [1.29, 1.82) is 0 Å². The summed E-state index contributed by atoms with van der Waals surface area (Å²) in [5.74, 6) is -0.641. The van der Waals surface area contributed by atoms with Gasteiger partial charge in [0.25, 0.3) is 0 Å². The van der Waals surface area contributed by atoms with E-state index in [2.05, 4.69) is 43.0 Å². The zero-order valence-electron chi connectivity index (χ0n) is 13.4. The predicted molar refractivity (Wildman–Crippen MR) is 85.4 cm³/mol. The van der Waals surface area contributed by atoms with E-state index in [9.17, 15) is 9.90 Å². The highest BCUT2D eigenvalue weighted by atomic mass is 16.4. The number of aliphatic carboxylic acids is 1. The molecule has 21 heavy (non-hydrogen) atoms. The van der Waals surface area contributed by atoms with Crippen molar-refractivity contribution in [3.05, 3.63) is 35.4 Å². The molecule has 1 saturated heterocycles. The largest absolute Gasteiger partial charge is 0.481 e. The molecule has 0 saturated carbocycles. The molecule has 0 aliphatic carbocycles. The maximum Gasteiger partial charge on any atom is 0.310 e. The lowest BCUT2D eigenvalue weighted by atomic mass is 9.84. The lowest BCUT2D eigenvalue weighted by Gasteiger charge is -2.27. The fourth-order valence-corrected chi connectivity index (χ4v) is 3.31.